The molecule has 0 radical (unpaired) electrons. The summed E-state index contributed by atoms with van der Waals surface area (Å²) in [6.07, 6.45) is -4.90. The van der Waals surface area contributed by atoms with E-state index in [1.54, 1.807) is 0 Å². The van der Waals surface area contributed by atoms with Gasteiger partial charge in [0, 0.05) is 6.07 Å². The predicted octanol–water partition coefficient (Wildman–Crippen LogP) is 0.496. The zero-order valence-electron chi connectivity index (χ0n) is 7.09. The van der Waals surface area contributed by atoms with Gasteiger partial charge in [0.25, 0.3) is 11.8 Å². The van der Waals surface area contributed by atoms with Crippen LogP contribution in [0.5, 0.6) is 0 Å². The largest absolute Gasteiger partial charge is 0.450 e. The molecule has 1 aromatic heterocycles. The molecule has 0 spiro atoms. The molecule has 8 heteroatoms. The second kappa shape index (κ2) is 3.30. The van der Waals surface area contributed by atoms with Gasteiger partial charge in [0.15, 0.2) is 5.76 Å². The van der Waals surface area contributed by atoms with Crippen molar-refractivity contribution in [3.8, 4) is 0 Å². The van der Waals surface area contributed by atoms with Crippen LogP contribution in [0.25, 0.3) is 0 Å². The zero-order chi connectivity index (χ0) is 11.8. The van der Waals surface area contributed by atoms with Crippen LogP contribution in [0.1, 0.15) is 26.7 Å². The Morgan fingerprint density at radius 2 is 1.73 bits per heavy atom. The number of hydrogen-bond donors (Lipinski definition) is 2. The first-order valence-electron chi connectivity index (χ1n) is 3.54. The molecule has 0 unspecified atom stereocenters. The first kappa shape index (κ1) is 11.1. The van der Waals surface area contributed by atoms with Gasteiger partial charge in [-0.2, -0.15) is 13.2 Å². The number of rotatable bonds is 2. The third-order valence-corrected chi connectivity index (χ3v) is 1.50. The number of halogens is 3. The van der Waals surface area contributed by atoms with Crippen LogP contribution in [-0.4, -0.2) is 11.8 Å². The van der Waals surface area contributed by atoms with Gasteiger partial charge in [-0.15, -0.1) is 0 Å². The van der Waals surface area contributed by atoms with Gasteiger partial charge in [-0.1, -0.05) is 0 Å². The lowest BCUT2D eigenvalue weighted by Crippen LogP contribution is -2.16. The molecule has 82 valence electrons. The maximum absolute atomic E-state index is 12.2. The fourth-order valence-electron chi connectivity index (χ4n) is 0.906. The molecule has 0 aliphatic carbocycles. The molecule has 0 bridgehead atoms. The Hall–Kier alpha value is -1.99. The molecule has 0 aromatic carbocycles. The summed E-state index contributed by atoms with van der Waals surface area (Å²) in [6.45, 7) is 0. The van der Waals surface area contributed by atoms with Crippen molar-refractivity contribution in [2.75, 3.05) is 0 Å². The monoisotopic (exact) mass is 222 g/mol. The van der Waals surface area contributed by atoms with E-state index in [4.69, 9.17) is 0 Å². The van der Waals surface area contributed by atoms with E-state index in [2.05, 4.69) is 15.9 Å². The van der Waals surface area contributed by atoms with Crippen molar-refractivity contribution in [1.82, 2.24) is 0 Å². The molecule has 0 aliphatic heterocycles. The molecular weight excluding hydrogens is 217 g/mol. The van der Waals surface area contributed by atoms with Crippen LogP contribution in [0.4, 0.5) is 13.2 Å². The SMILES string of the molecule is NC(=O)c1cc(C(N)=O)c(C(F)(F)F)o1. The minimum absolute atomic E-state index is 0.563. The first-order chi connectivity index (χ1) is 6.73. The number of hydrogen-bond acceptors (Lipinski definition) is 3. The molecule has 0 fully saturated rings. The minimum Gasteiger partial charge on any atom is -0.445 e. The van der Waals surface area contributed by atoms with Crippen LogP contribution in [0.3, 0.4) is 0 Å². The molecule has 0 atom stereocenters. The molecule has 4 N–H and O–H groups in total. The second-order valence-electron chi connectivity index (χ2n) is 2.58. The fraction of sp³-hybridized carbons (Fsp3) is 0.143. The van der Waals surface area contributed by atoms with E-state index >= 15 is 0 Å². The molecule has 5 nitrogen and oxygen atoms in total. The summed E-state index contributed by atoms with van der Waals surface area (Å²) >= 11 is 0. The Balaban J connectivity index is 3.37. The van der Waals surface area contributed by atoms with Crippen molar-refractivity contribution in [2.24, 2.45) is 11.5 Å². The molecular formula is C7H5F3N2O3. The molecule has 15 heavy (non-hydrogen) atoms. The number of carbonyl (C=O) groups excluding carboxylic acids is 2. The van der Waals surface area contributed by atoms with E-state index in [-0.39, 0.29) is 0 Å². The Kier molecular flexibility index (Phi) is 2.44. The third-order valence-electron chi connectivity index (χ3n) is 1.50. The Labute approximate surface area is 80.8 Å². The molecule has 1 rings (SSSR count). The topological polar surface area (TPSA) is 99.3 Å². The van der Waals surface area contributed by atoms with Gasteiger partial charge in [0.05, 0.1) is 5.56 Å². The Morgan fingerprint density at radius 1 is 1.20 bits per heavy atom. The van der Waals surface area contributed by atoms with Crippen molar-refractivity contribution < 1.29 is 27.2 Å². The molecule has 2 amide bonds. The van der Waals surface area contributed by atoms with Crippen molar-refractivity contribution in [3.05, 3.63) is 23.2 Å². The van der Waals surface area contributed by atoms with E-state index in [0.717, 1.165) is 0 Å². The summed E-state index contributed by atoms with van der Waals surface area (Å²) in [7, 11) is 0. The van der Waals surface area contributed by atoms with Gasteiger partial charge >= 0.3 is 6.18 Å². The number of primary amides is 2. The van der Waals surface area contributed by atoms with Crippen molar-refractivity contribution in [3.63, 3.8) is 0 Å². The standard InChI is InChI=1S/C7H5F3N2O3/c8-7(9,10)4-2(5(11)13)1-3(15-4)6(12)14/h1H,(H2,11,13)(H2,12,14). The van der Waals surface area contributed by atoms with Crippen molar-refractivity contribution in [2.45, 2.75) is 6.18 Å². The van der Waals surface area contributed by atoms with E-state index in [1.807, 2.05) is 0 Å². The third kappa shape index (κ3) is 2.09. The smallest absolute Gasteiger partial charge is 0.445 e. The number of furan rings is 1. The van der Waals surface area contributed by atoms with Gasteiger partial charge in [-0.25, -0.2) is 0 Å². The van der Waals surface area contributed by atoms with E-state index in [9.17, 15) is 22.8 Å². The molecule has 1 aromatic rings. The summed E-state index contributed by atoms with van der Waals surface area (Å²) in [5, 5.41) is 0. The molecule has 0 aliphatic rings. The van der Waals surface area contributed by atoms with Gasteiger partial charge in [-0.05, 0) is 0 Å². The van der Waals surface area contributed by atoms with Crippen LogP contribution in [-0.2, 0) is 6.18 Å². The zero-order valence-corrected chi connectivity index (χ0v) is 7.09. The van der Waals surface area contributed by atoms with Crippen LogP contribution >= 0.6 is 0 Å². The van der Waals surface area contributed by atoms with Crippen LogP contribution < -0.4 is 11.5 Å². The first-order valence-corrected chi connectivity index (χ1v) is 3.54. The molecule has 1 heterocycles. The highest BCUT2D eigenvalue weighted by atomic mass is 19.4. The highest BCUT2D eigenvalue weighted by Gasteiger charge is 2.40. The average Bonchev–Trinajstić information content (AvgIpc) is 2.45. The second-order valence-corrected chi connectivity index (χ2v) is 2.58. The molecule has 0 saturated heterocycles. The van der Waals surface area contributed by atoms with Crippen molar-refractivity contribution in [1.29, 1.82) is 0 Å². The van der Waals surface area contributed by atoms with Crippen LogP contribution in [0.2, 0.25) is 0 Å². The number of carbonyl (C=O) groups is 2. The Bertz CT molecular complexity index is 422. The summed E-state index contributed by atoms with van der Waals surface area (Å²) in [5.41, 5.74) is 8.44. The van der Waals surface area contributed by atoms with Gasteiger partial charge < -0.3 is 15.9 Å². The van der Waals surface area contributed by atoms with Crippen molar-refractivity contribution >= 4 is 11.8 Å². The summed E-state index contributed by atoms with van der Waals surface area (Å²) in [6, 6.07) is 0.563. The van der Waals surface area contributed by atoms with Gasteiger partial charge in [-0.3, -0.25) is 9.59 Å². The fourth-order valence-corrected chi connectivity index (χ4v) is 0.906. The van der Waals surface area contributed by atoms with Crippen LogP contribution in [0, 0.1) is 0 Å². The minimum atomic E-state index is -4.90. The number of nitrogens with two attached hydrogens (primary N) is 2. The Morgan fingerprint density at radius 3 is 2.00 bits per heavy atom. The highest BCUT2D eigenvalue weighted by Crippen LogP contribution is 2.33. The van der Waals surface area contributed by atoms with Gasteiger partial charge in [0.1, 0.15) is 0 Å². The average molecular weight is 222 g/mol. The predicted molar refractivity (Wildman–Crippen MR) is 40.7 cm³/mol. The maximum Gasteiger partial charge on any atom is 0.450 e. The van der Waals surface area contributed by atoms with E-state index < -0.39 is 35.1 Å². The lowest BCUT2D eigenvalue weighted by molar-refractivity contribution is -0.153. The van der Waals surface area contributed by atoms with Gasteiger partial charge in [0.2, 0.25) is 5.76 Å². The lowest BCUT2D eigenvalue weighted by atomic mass is 10.2. The number of alkyl halides is 3. The normalized spacial score (nSPS) is 11.4. The summed E-state index contributed by atoms with van der Waals surface area (Å²) in [4.78, 5) is 21.1. The molecule has 0 saturated carbocycles. The lowest BCUT2D eigenvalue weighted by Gasteiger charge is -2.02. The maximum atomic E-state index is 12.2. The summed E-state index contributed by atoms with van der Waals surface area (Å²) in [5.74, 6) is -4.95. The summed E-state index contributed by atoms with van der Waals surface area (Å²) < 4.78 is 40.8. The number of amides is 2. The highest BCUT2D eigenvalue weighted by molar-refractivity contribution is 5.98. The van der Waals surface area contributed by atoms with E-state index in [0.29, 0.717) is 6.07 Å². The van der Waals surface area contributed by atoms with E-state index in [1.165, 1.54) is 0 Å². The van der Waals surface area contributed by atoms with Crippen LogP contribution in [0.15, 0.2) is 10.5 Å². The quantitative estimate of drug-likeness (QED) is 0.761.